The first-order valence-corrected chi connectivity index (χ1v) is 9.43. The molecule has 1 rings (SSSR count). The molecule has 0 saturated carbocycles. The third kappa shape index (κ3) is 8.88. The van der Waals surface area contributed by atoms with Gasteiger partial charge in [0.15, 0.2) is 0 Å². The van der Waals surface area contributed by atoms with Crippen LogP contribution in [0.3, 0.4) is 0 Å². The first-order chi connectivity index (χ1) is 13.0. The average molecular weight is 392 g/mol. The van der Waals surface area contributed by atoms with Crippen LogP contribution in [0, 0.1) is 5.92 Å². The highest BCUT2D eigenvalue weighted by Gasteiger charge is 2.29. The highest BCUT2D eigenvalue weighted by molar-refractivity contribution is 5.89. The van der Waals surface area contributed by atoms with E-state index in [-0.39, 0.29) is 5.92 Å². The van der Waals surface area contributed by atoms with Crippen molar-refractivity contribution in [3.63, 3.8) is 0 Å². The van der Waals surface area contributed by atoms with Gasteiger partial charge in [-0.1, -0.05) is 44.2 Å². The van der Waals surface area contributed by atoms with Crippen LogP contribution in [0.5, 0.6) is 0 Å². The molecular formula is C21H32N2O5. The molecule has 1 unspecified atom stereocenters. The van der Waals surface area contributed by atoms with Gasteiger partial charge in [0.2, 0.25) is 5.91 Å². The number of amides is 2. The van der Waals surface area contributed by atoms with Gasteiger partial charge < -0.3 is 20.1 Å². The van der Waals surface area contributed by atoms with Gasteiger partial charge in [-0.3, -0.25) is 4.79 Å². The topological polar surface area (TPSA) is 93.7 Å². The minimum Gasteiger partial charge on any atom is -0.467 e. The first-order valence-electron chi connectivity index (χ1n) is 9.43. The number of benzene rings is 1. The number of hydrogen-bond donors (Lipinski definition) is 2. The SMILES string of the molecule is COC(=O)[C@H](Cc1ccccc1)NC(=O)C(CC(C)C)NC(=O)OC(C)(C)C. The van der Waals surface area contributed by atoms with Crippen molar-refractivity contribution in [1.82, 2.24) is 10.6 Å². The Morgan fingerprint density at radius 1 is 1.00 bits per heavy atom. The summed E-state index contributed by atoms with van der Waals surface area (Å²) in [4.78, 5) is 37.1. The van der Waals surface area contributed by atoms with E-state index in [1.54, 1.807) is 20.8 Å². The molecule has 0 aliphatic carbocycles. The van der Waals surface area contributed by atoms with E-state index in [0.717, 1.165) is 5.56 Å². The summed E-state index contributed by atoms with van der Waals surface area (Å²) in [7, 11) is 1.27. The van der Waals surface area contributed by atoms with E-state index < -0.39 is 35.7 Å². The number of alkyl carbamates (subject to hydrolysis) is 1. The smallest absolute Gasteiger partial charge is 0.408 e. The van der Waals surface area contributed by atoms with Crippen LogP contribution in [0.15, 0.2) is 30.3 Å². The maximum Gasteiger partial charge on any atom is 0.408 e. The summed E-state index contributed by atoms with van der Waals surface area (Å²) in [6.45, 7) is 9.13. The standard InChI is InChI=1S/C21H32N2O5/c1-14(2)12-16(23-20(26)28-21(3,4)5)18(24)22-17(19(25)27-6)13-15-10-8-7-9-11-15/h7-11,14,16-17H,12-13H2,1-6H3,(H,22,24)(H,23,26)/t16?,17-/m0/s1. The summed E-state index contributed by atoms with van der Waals surface area (Å²) in [5.41, 5.74) is 0.212. The lowest BCUT2D eigenvalue weighted by molar-refractivity contribution is -0.145. The van der Waals surface area contributed by atoms with Crippen molar-refractivity contribution >= 4 is 18.0 Å². The van der Waals surface area contributed by atoms with Crippen molar-refractivity contribution < 1.29 is 23.9 Å². The van der Waals surface area contributed by atoms with E-state index in [0.29, 0.717) is 12.8 Å². The fraction of sp³-hybridized carbons (Fsp3) is 0.571. The number of nitrogens with one attached hydrogen (secondary N) is 2. The highest BCUT2D eigenvalue weighted by atomic mass is 16.6. The van der Waals surface area contributed by atoms with Gasteiger partial charge in [-0.05, 0) is 38.7 Å². The average Bonchev–Trinajstić information content (AvgIpc) is 2.58. The third-order valence-electron chi connectivity index (χ3n) is 3.80. The zero-order chi connectivity index (χ0) is 21.3. The zero-order valence-electron chi connectivity index (χ0n) is 17.6. The van der Waals surface area contributed by atoms with Gasteiger partial charge in [0.25, 0.3) is 0 Å². The minimum absolute atomic E-state index is 0.149. The molecule has 7 heteroatoms. The number of ether oxygens (including phenoxy) is 2. The van der Waals surface area contributed by atoms with Gasteiger partial charge in [-0.15, -0.1) is 0 Å². The Morgan fingerprint density at radius 3 is 2.11 bits per heavy atom. The Balaban J connectivity index is 2.88. The second kappa shape index (κ2) is 10.7. The minimum atomic E-state index is -0.852. The van der Waals surface area contributed by atoms with E-state index >= 15 is 0 Å². The number of carbonyl (C=O) groups is 3. The number of hydrogen-bond acceptors (Lipinski definition) is 5. The van der Waals surface area contributed by atoms with Gasteiger partial charge in [0, 0.05) is 6.42 Å². The van der Waals surface area contributed by atoms with Crippen LogP contribution in [-0.2, 0) is 25.5 Å². The Bertz CT molecular complexity index is 653. The van der Waals surface area contributed by atoms with Crippen LogP contribution >= 0.6 is 0 Å². The summed E-state index contributed by atoms with van der Waals surface area (Å²) in [5.74, 6) is -0.847. The molecule has 0 fully saturated rings. The molecule has 156 valence electrons. The van der Waals surface area contributed by atoms with Crippen LogP contribution in [0.1, 0.15) is 46.6 Å². The molecule has 0 bridgehead atoms. The van der Waals surface area contributed by atoms with Gasteiger partial charge in [-0.25, -0.2) is 9.59 Å². The highest BCUT2D eigenvalue weighted by Crippen LogP contribution is 2.11. The largest absolute Gasteiger partial charge is 0.467 e. The molecule has 1 aromatic carbocycles. The molecule has 0 radical (unpaired) electrons. The molecule has 0 spiro atoms. The Hall–Kier alpha value is -2.57. The lowest BCUT2D eigenvalue weighted by atomic mass is 10.0. The number of carbonyl (C=O) groups excluding carboxylic acids is 3. The molecule has 0 aromatic heterocycles. The second-order valence-electron chi connectivity index (χ2n) is 8.10. The van der Waals surface area contributed by atoms with Crippen molar-refractivity contribution in [2.75, 3.05) is 7.11 Å². The molecule has 0 saturated heterocycles. The van der Waals surface area contributed by atoms with E-state index in [4.69, 9.17) is 9.47 Å². The predicted octanol–water partition coefficient (Wildman–Crippen LogP) is 2.83. The van der Waals surface area contributed by atoms with Crippen LogP contribution in [-0.4, -0.2) is 42.8 Å². The third-order valence-corrected chi connectivity index (χ3v) is 3.80. The van der Waals surface area contributed by atoms with Gasteiger partial charge in [-0.2, -0.15) is 0 Å². The molecule has 7 nitrogen and oxygen atoms in total. The van der Waals surface area contributed by atoms with Gasteiger partial charge in [0.05, 0.1) is 7.11 Å². The van der Waals surface area contributed by atoms with Crippen molar-refractivity contribution in [1.29, 1.82) is 0 Å². The summed E-state index contributed by atoms with van der Waals surface area (Å²) in [6, 6.07) is 7.65. The molecule has 0 heterocycles. The predicted molar refractivity (Wildman–Crippen MR) is 107 cm³/mol. The Kier molecular flexibility index (Phi) is 8.96. The van der Waals surface area contributed by atoms with Crippen LogP contribution < -0.4 is 10.6 Å². The fourth-order valence-corrected chi connectivity index (χ4v) is 2.61. The van der Waals surface area contributed by atoms with Crippen LogP contribution in [0.4, 0.5) is 4.79 Å². The summed E-state index contributed by atoms with van der Waals surface area (Å²) in [5, 5.41) is 5.31. The molecule has 28 heavy (non-hydrogen) atoms. The number of esters is 1. The van der Waals surface area contributed by atoms with Crippen molar-refractivity contribution in [2.24, 2.45) is 5.92 Å². The monoisotopic (exact) mass is 392 g/mol. The molecule has 0 aliphatic rings. The molecule has 1 aromatic rings. The Morgan fingerprint density at radius 2 is 1.61 bits per heavy atom. The van der Waals surface area contributed by atoms with Crippen LogP contribution in [0.2, 0.25) is 0 Å². The lowest BCUT2D eigenvalue weighted by Crippen LogP contribution is -2.53. The molecule has 2 N–H and O–H groups in total. The quantitative estimate of drug-likeness (QED) is 0.664. The van der Waals surface area contributed by atoms with Crippen molar-refractivity contribution in [2.45, 2.75) is 65.1 Å². The molecular weight excluding hydrogens is 360 g/mol. The number of rotatable bonds is 8. The van der Waals surface area contributed by atoms with E-state index in [2.05, 4.69) is 10.6 Å². The van der Waals surface area contributed by atoms with E-state index in [9.17, 15) is 14.4 Å². The van der Waals surface area contributed by atoms with Crippen molar-refractivity contribution in [3.8, 4) is 0 Å². The van der Waals surface area contributed by atoms with Crippen LogP contribution in [0.25, 0.3) is 0 Å². The van der Waals surface area contributed by atoms with E-state index in [1.165, 1.54) is 7.11 Å². The summed E-state index contributed by atoms with van der Waals surface area (Å²) < 4.78 is 10.1. The maximum atomic E-state index is 12.8. The normalized spacial score (nSPS) is 13.4. The lowest BCUT2D eigenvalue weighted by Gasteiger charge is -2.25. The fourth-order valence-electron chi connectivity index (χ4n) is 2.61. The van der Waals surface area contributed by atoms with Gasteiger partial charge in [0.1, 0.15) is 17.7 Å². The zero-order valence-corrected chi connectivity index (χ0v) is 17.6. The number of methoxy groups -OCH3 is 1. The first kappa shape index (κ1) is 23.5. The maximum absolute atomic E-state index is 12.8. The van der Waals surface area contributed by atoms with Crippen molar-refractivity contribution in [3.05, 3.63) is 35.9 Å². The van der Waals surface area contributed by atoms with E-state index in [1.807, 2.05) is 44.2 Å². The second-order valence-corrected chi connectivity index (χ2v) is 8.10. The molecule has 2 atom stereocenters. The molecule has 0 aliphatic heterocycles. The summed E-state index contributed by atoms with van der Waals surface area (Å²) >= 11 is 0. The van der Waals surface area contributed by atoms with Gasteiger partial charge >= 0.3 is 12.1 Å². The molecule has 2 amide bonds. The summed E-state index contributed by atoms with van der Waals surface area (Å²) in [6.07, 6.45) is 0.0238. The Labute approximate surface area is 167 Å².